The molecule has 0 aliphatic heterocycles. The van der Waals surface area contributed by atoms with E-state index in [0.717, 1.165) is 6.08 Å². The summed E-state index contributed by atoms with van der Waals surface area (Å²) in [5.74, 6) is -1.83. The van der Waals surface area contributed by atoms with Crippen LogP contribution in [-0.4, -0.2) is 37.7 Å². The number of esters is 1. The van der Waals surface area contributed by atoms with Gasteiger partial charge >= 0.3 is 12.6 Å². The first-order valence-corrected chi connectivity index (χ1v) is 8.31. The predicted molar refractivity (Wildman–Crippen MR) is 96.6 cm³/mol. The molecule has 9 heteroatoms. The molecule has 1 aromatic carbocycles. The minimum Gasteiger partial charge on any atom is -0.493 e. The first-order chi connectivity index (χ1) is 13.1. The van der Waals surface area contributed by atoms with Gasteiger partial charge in [-0.2, -0.15) is 14.0 Å². The number of carbonyl (C=O) groups excluding carboxylic acids is 2. The van der Waals surface area contributed by atoms with E-state index in [4.69, 9.17) is 14.7 Å². The fourth-order valence-corrected chi connectivity index (χ4v) is 2.01. The number of hydrogen-bond acceptors (Lipinski definition) is 6. The molecule has 28 heavy (non-hydrogen) atoms. The van der Waals surface area contributed by atoms with Crippen molar-refractivity contribution in [2.45, 2.75) is 32.9 Å². The minimum absolute atomic E-state index is 0.0691. The fourth-order valence-electron chi connectivity index (χ4n) is 2.01. The van der Waals surface area contributed by atoms with Gasteiger partial charge < -0.3 is 19.5 Å². The van der Waals surface area contributed by atoms with E-state index in [0.29, 0.717) is 0 Å². The van der Waals surface area contributed by atoms with Gasteiger partial charge in [0, 0.05) is 11.6 Å². The van der Waals surface area contributed by atoms with Gasteiger partial charge in [-0.05, 0) is 25.0 Å². The zero-order chi connectivity index (χ0) is 21.3. The van der Waals surface area contributed by atoms with Gasteiger partial charge in [0.25, 0.3) is 5.91 Å². The van der Waals surface area contributed by atoms with Crippen LogP contribution in [-0.2, 0) is 14.3 Å². The second-order valence-electron chi connectivity index (χ2n) is 6.22. The maximum Gasteiger partial charge on any atom is 0.387 e. The van der Waals surface area contributed by atoms with Crippen molar-refractivity contribution in [3.63, 3.8) is 0 Å². The molecule has 0 heterocycles. The number of para-hydroxylation sites is 1. The largest absolute Gasteiger partial charge is 0.493 e. The Morgan fingerprint density at radius 2 is 2.04 bits per heavy atom. The van der Waals surface area contributed by atoms with Gasteiger partial charge in [-0.1, -0.05) is 26.0 Å². The van der Waals surface area contributed by atoms with Crippen molar-refractivity contribution >= 4 is 18.0 Å². The highest BCUT2D eigenvalue weighted by atomic mass is 19.3. The van der Waals surface area contributed by atoms with Crippen molar-refractivity contribution in [3.8, 4) is 17.6 Å². The molecule has 0 unspecified atom stereocenters. The Kier molecular flexibility index (Phi) is 8.38. The first-order valence-electron chi connectivity index (χ1n) is 8.31. The number of nitriles is 1. The summed E-state index contributed by atoms with van der Waals surface area (Å²) in [5.41, 5.74) is -0.931. The zero-order valence-electron chi connectivity index (χ0n) is 16.0. The average molecular weight is 396 g/mol. The summed E-state index contributed by atoms with van der Waals surface area (Å²) in [4.78, 5) is 23.7. The van der Waals surface area contributed by atoms with Gasteiger partial charge in [0.1, 0.15) is 5.54 Å². The molecule has 0 radical (unpaired) electrons. The van der Waals surface area contributed by atoms with Crippen molar-refractivity contribution < 1.29 is 32.6 Å². The summed E-state index contributed by atoms with van der Waals surface area (Å²) in [7, 11) is 1.29. The van der Waals surface area contributed by atoms with Crippen molar-refractivity contribution in [1.29, 1.82) is 5.26 Å². The number of benzene rings is 1. The Morgan fingerprint density at radius 3 is 2.57 bits per heavy atom. The third kappa shape index (κ3) is 6.54. The van der Waals surface area contributed by atoms with Crippen molar-refractivity contribution in [2.75, 3.05) is 13.7 Å². The number of rotatable bonds is 9. The standard InChI is InChI=1S/C19H22F2N2O5/c1-12(2)19(3,11-22)23-15(24)10-27-16(25)9-8-13-6-5-7-14(26-4)17(13)28-18(20)21/h5-9,12,18H,10H2,1-4H3,(H,23,24)/b9-8+/t19-/m1/s1. The van der Waals surface area contributed by atoms with Crippen molar-refractivity contribution in [3.05, 3.63) is 29.8 Å². The number of carbonyl (C=O) groups is 2. The molecule has 0 aliphatic carbocycles. The molecule has 0 saturated heterocycles. The second-order valence-corrected chi connectivity index (χ2v) is 6.22. The van der Waals surface area contributed by atoms with E-state index in [1.165, 1.54) is 31.4 Å². The average Bonchev–Trinajstić information content (AvgIpc) is 2.64. The Morgan fingerprint density at radius 1 is 1.36 bits per heavy atom. The van der Waals surface area contributed by atoms with E-state index in [1.54, 1.807) is 20.8 Å². The van der Waals surface area contributed by atoms with E-state index in [9.17, 15) is 18.4 Å². The number of methoxy groups -OCH3 is 1. The quantitative estimate of drug-likeness (QED) is 0.509. The monoisotopic (exact) mass is 396 g/mol. The Bertz CT molecular complexity index is 774. The third-order valence-corrected chi connectivity index (χ3v) is 3.97. The topological polar surface area (TPSA) is 97.6 Å². The Hall–Kier alpha value is -3.15. The van der Waals surface area contributed by atoms with Crippen molar-refractivity contribution in [1.82, 2.24) is 5.32 Å². The summed E-state index contributed by atoms with van der Waals surface area (Å²) in [6, 6.07) is 6.41. The van der Waals surface area contributed by atoms with Crippen LogP contribution in [0.1, 0.15) is 26.3 Å². The molecule has 0 aliphatic rings. The number of nitrogens with zero attached hydrogens (tertiary/aromatic N) is 1. The van der Waals surface area contributed by atoms with Crippen LogP contribution in [0.5, 0.6) is 11.5 Å². The summed E-state index contributed by atoms with van der Waals surface area (Å²) in [6.07, 6.45) is 2.17. The highest BCUT2D eigenvalue weighted by Gasteiger charge is 2.30. The van der Waals surface area contributed by atoms with E-state index in [2.05, 4.69) is 10.1 Å². The number of nitrogens with one attached hydrogen (secondary N) is 1. The first kappa shape index (κ1) is 22.9. The molecule has 0 fully saturated rings. The number of alkyl halides is 2. The summed E-state index contributed by atoms with van der Waals surface area (Å²) < 4.78 is 39.4. The molecule has 0 bridgehead atoms. The molecular weight excluding hydrogens is 374 g/mol. The molecule has 0 aromatic heterocycles. The molecule has 1 aromatic rings. The number of amides is 1. The van der Waals surface area contributed by atoms with Gasteiger partial charge in [-0.15, -0.1) is 0 Å². The van der Waals surface area contributed by atoms with Crippen LogP contribution in [0.2, 0.25) is 0 Å². The van der Waals surface area contributed by atoms with Gasteiger partial charge in [0.05, 0.1) is 13.2 Å². The molecule has 0 spiro atoms. The van der Waals surface area contributed by atoms with Gasteiger partial charge in [-0.25, -0.2) is 4.79 Å². The van der Waals surface area contributed by atoms with E-state index in [-0.39, 0.29) is 23.0 Å². The van der Waals surface area contributed by atoms with Gasteiger partial charge in [-0.3, -0.25) is 4.79 Å². The van der Waals surface area contributed by atoms with Crippen LogP contribution in [0.4, 0.5) is 8.78 Å². The summed E-state index contributed by atoms with van der Waals surface area (Å²) >= 11 is 0. The maximum atomic E-state index is 12.6. The maximum absolute atomic E-state index is 12.6. The Labute approximate surface area is 161 Å². The lowest BCUT2D eigenvalue weighted by Crippen LogP contribution is -2.50. The number of ether oxygens (including phenoxy) is 3. The smallest absolute Gasteiger partial charge is 0.387 e. The van der Waals surface area contributed by atoms with Crippen LogP contribution in [0.25, 0.3) is 6.08 Å². The second kappa shape index (κ2) is 10.3. The highest BCUT2D eigenvalue weighted by Crippen LogP contribution is 2.33. The summed E-state index contributed by atoms with van der Waals surface area (Å²) in [5, 5.41) is 11.7. The zero-order valence-corrected chi connectivity index (χ0v) is 16.0. The van der Waals surface area contributed by atoms with E-state index in [1.807, 2.05) is 6.07 Å². The van der Waals surface area contributed by atoms with Crippen LogP contribution in [0.15, 0.2) is 24.3 Å². The molecular formula is C19H22F2N2O5. The lowest BCUT2D eigenvalue weighted by Gasteiger charge is -2.27. The lowest BCUT2D eigenvalue weighted by molar-refractivity contribution is -0.144. The number of halogens is 2. The van der Waals surface area contributed by atoms with Crippen LogP contribution >= 0.6 is 0 Å². The molecule has 7 nitrogen and oxygen atoms in total. The molecule has 152 valence electrons. The van der Waals surface area contributed by atoms with E-state index >= 15 is 0 Å². The lowest BCUT2D eigenvalue weighted by atomic mass is 9.90. The van der Waals surface area contributed by atoms with E-state index < -0.39 is 30.6 Å². The molecule has 0 saturated carbocycles. The van der Waals surface area contributed by atoms with Gasteiger partial charge in [0.2, 0.25) is 0 Å². The Balaban J connectivity index is 2.75. The fraction of sp³-hybridized carbons (Fsp3) is 0.421. The van der Waals surface area contributed by atoms with Gasteiger partial charge in [0.15, 0.2) is 18.1 Å². The summed E-state index contributed by atoms with van der Waals surface area (Å²) in [6.45, 7) is 1.43. The van der Waals surface area contributed by atoms with Crippen LogP contribution in [0, 0.1) is 17.2 Å². The highest BCUT2D eigenvalue weighted by molar-refractivity contribution is 5.90. The van der Waals surface area contributed by atoms with Crippen molar-refractivity contribution in [2.24, 2.45) is 5.92 Å². The predicted octanol–water partition coefficient (Wildman–Crippen LogP) is 2.91. The minimum atomic E-state index is -3.07. The molecule has 1 atom stereocenters. The third-order valence-electron chi connectivity index (χ3n) is 3.97. The van der Waals surface area contributed by atoms with Crippen LogP contribution < -0.4 is 14.8 Å². The number of hydrogen-bond donors (Lipinski definition) is 1. The van der Waals surface area contributed by atoms with Crippen LogP contribution in [0.3, 0.4) is 0 Å². The normalized spacial score (nSPS) is 13.1. The molecule has 1 amide bonds. The SMILES string of the molecule is COc1cccc(/C=C/C(=O)OCC(=O)N[C@](C)(C#N)C(C)C)c1OC(F)F. The molecule has 1 N–H and O–H groups in total. The molecule has 1 rings (SSSR count).